The third kappa shape index (κ3) is 4.46. The van der Waals surface area contributed by atoms with E-state index in [1.807, 2.05) is 26.8 Å². The molecule has 0 bridgehead atoms. The molecule has 1 N–H and O–H groups in total. The molecule has 138 valence electrons. The molecule has 26 heavy (non-hydrogen) atoms. The molecule has 4 heteroatoms. The molecule has 2 aromatic rings. The quantitative estimate of drug-likeness (QED) is 0.819. The van der Waals surface area contributed by atoms with Crippen molar-refractivity contribution < 1.29 is 4.79 Å². The molecule has 1 heterocycles. The fourth-order valence-corrected chi connectivity index (χ4v) is 3.73. The first-order valence-electron chi connectivity index (χ1n) is 9.34. The SMILES string of the molecule is Cc1ccc(-c2cccc(CN3CCCC3C(=O)NC(C)C)c2)cc1Cl. The van der Waals surface area contributed by atoms with E-state index in [0.29, 0.717) is 0 Å². The highest BCUT2D eigenvalue weighted by Gasteiger charge is 2.30. The normalized spacial score (nSPS) is 17.7. The molecule has 3 nitrogen and oxygen atoms in total. The van der Waals surface area contributed by atoms with Crippen LogP contribution in [0.5, 0.6) is 0 Å². The second-order valence-corrected chi connectivity index (χ2v) is 7.86. The Morgan fingerprint density at radius 1 is 1.23 bits per heavy atom. The maximum Gasteiger partial charge on any atom is 0.237 e. The van der Waals surface area contributed by atoms with Crippen LogP contribution in [0.1, 0.15) is 37.8 Å². The van der Waals surface area contributed by atoms with Gasteiger partial charge >= 0.3 is 0 Å². The van der Waals surface area contributed by atoms with Gasteiger partial charge in [0.1, 0.15) is 0 Å². The molecule has 0 radical (unpaired) electrons. The molecule has 0 aromatic heterocycles. The minimum absolute atomic E-state index is 0.0186. The number of rotatable bonds is 5. The second kappa shape index (κ2) is 8.24. The van der Waals surface area contributed by atoms with E-state index in [4.69, 9.17) is 11.6 Å². The summed E-state index contributed by atoms with van der Waals surface area (Å²) < 4.78 is 0. The molecule has 1 saturated heterocycles. The van der Waals surface area contributed by atoms with Crippen molar-refractivity contribution in [2.75, 3.05) is 6.54 Å². The van der Waals surface area contributed by atoms with E-state index >= 15 is 0 Å². The molecule has 1 fully saturated rings. The zero-order valence-corrected chi connectivity index (χ0v) is 16.5. The average molecular weight is 371 g/mol. The van der Waals surface area contributed by atoms with Crippen LogP contribution in [0, 0.1) is 6.92 Å². The van der Waals surface area contributed by atoms with Gasteiger partial charge in [0.2, 0.25) is 5.91 Å². The second-order valence-electron chi connectivity index (χ2n) is 7.46. The van der Waals surface area contributed by atoms with Crippen LogP contribution in [-0.4, -0.2) is 29.4 Å². The molecule has 0 spiro atoms. The highest BCUT2D eigenvalue weighted by atomic mass is 35.5. The predicted molar refractivity (Wildman–Crippen MR) is 108 cm³/mol. The van der Waals surface area contributed by atoms with Gasteiger partial charge in [-0.25, -0.2) is 0 Å². The lowest BCUT2D eigenvalue weighted by Gasteiger charge is -2.25. The number of aryl methyl sites for hydroxylation is 1. The number of carbonyl (C=O) groups is 1. The number of nitrogens with zero attached hydrogens (tertiary/aromatic N) is 1. The lowest BCUT2D eigenvalue weighted by molar-refractivity contribution is -0.126. The predicted octanol–water partition coefficient (Wildman–Crippen LogP) is 4.80. The maximum atomic E-state index is 12.4. The van der Waals surface area contributed by atoms with Crippen LogP contribution in [-0.2, 0) is 11.3 Å². The molecule has 1 amide bonds. The summed E-state index contributed by atoms with van der Waals surface area (Å²) in [5.41, 5.74) is 4.59. The molecular formula is C22H27ClN2O. The number of amides is 1. The molecule has 1 unspecified atom stereocenters. The van der Waals surface area contributed by atoms with E-state index in [1.165, 1.54) is 5.56 Å². The molecule has 1 aliphatic heterocycles. The standard InChI is InChI=1S/C22H27ClN2O/c1-15(2)24-22(26)21-8-5-11-25(21)14-17-6-4-7-18(12-17)19-10-9-16(3)20(23)13-19/h4,6-7,9-10,12-13,15,21H,5,8,11,14H2,1-3H3,(H,24,26). The first-order chi connectivity index (χ1) is 12.4. The smallest absolute Gasteiger partial charge is 0.237 e. The first-order valence-corrected chi connectivity index (χ1v) is 9.71. The van der Waals surface area contributed by atoms with Gasteiger partial charge in [0.25, 0.3) is 0 Å². The Hall–Kier alpha value is -1.84. The van der Waals surface area contributed by atoms with Gasteiger partial charge in [0.15, 0.2) is 0 Å². The van der Waals surface area contributed by atoms with Crippen LogP contribution in [0.25, 0.3) is 11.1 Å². The van der Waals surface area contributed by atoms with Crippen LogP contribution in [0.2, 0.25) is 5.02 Å². The lowest BCUT2D eigenvalue weighted by Crippen LogP contribution is -2.45. The number of benzene rings is 2. The van der Waals surface area contributed by atoms with Crippen molar-refractivity contribution in [1.82, 2.24) is 10.2 Å². The Labute approximate surface area is 161 Å². The van der Waals surface area contributed by atoms with Gasteiger partial charge < -0.3 is 5.32 Å². The molecular weight excluding hydrogens is 344 g/mol. The molecule has 2 aromatic carbocycles. The molecule has 0 saturated carbocycles. The largest absolute Gasteiger partial charge is 0.353 e. The third-order valence-electron chi connectivity index (χ3n) is 4.92. The Bertz CT molecular complexity index is 787. The van der Waals surface area contributed by atoms with Crippen LogP contribution in [0.3, 0.4) is 0 Å². The van der Waals surface area contributed by atoms with Crippen molar-refractivity contribution in [3.8, 4) is 11.1 Å². The van der Waals surface area contributed by atoms with E-state index in [1.54, 1.807) is 0 Å². The number of nitrogens with one attached hydrogen (secondary N) is 1. The Balaban J connectivity index is 1.76. The molecule has 0 aliphatic carbocycles. The van der Waals surface area contributed by atoms with E-state index in [2.05, 4.69) is 46.6 Å². The van der Waals surface area contributed by atoms with E-state index < -0.39 is 0 Å². The van der Waals surface area contributed by atoms with Crippen molar-refractivity contribution in [2.45, 2.75) is 52.2 Å². The summed E-state index contributed by atoms with van der Waals surface area (Å²) in [4.78, 5) is 14.7. The van der Waals surface area contributed by atoms with Gasteiger partial charge in [-0.1, -0.05) is 41.9 Å². The molecule has 3 rings (SSSR count). The van der Waals surface area contributed by atoms with Crippen molar-refractivity contribution in [2.24, 2.45) is 0 Å². The summed E-state index contributed by atoms with van der Waals surface area (Å²) in [7, 11) is 0. The van der Waals surface area contributed by atoms with Gasteiger partial charge in [-0.3, -0.25) is 9.69 Å². The zero-order chi connectivity index (χ0) is 18.7. The summed E-state index contributed by atoms with van der Waals surface area (Å²) in [6.45, 7) is 7.79. The fraction of sp³-hybridized carbons (Fsp3) is 0.409. The minimum atomic E-state index is -0.0186. The van der Waals surface area contributed by atoms with Gasteiger partial charge in [0.05, 0.1) is 6.04 Å². The number of likely N-dealkylation sites (tertiary alicyclic amines) is 1. The van der Waals surface area contributed by atoms with Gasteiger partial charge in [-0.15, -0.1) is 0 Å². The number of halogens is 1. The van der Waals surface area contributed by atoms with Crippen molar-refractivity contribution in [3.05, 3.63) is 58.6 Å². The average Bonchev–Trinajstić information content (AvgIpc) is 3.05. The van der Waals surface area contributed by atoms with E-state index in [0.717, 1.165) is 47.6 Å². The van der Waals surface area contributed by atoms with Crippen molar-refractivity contribution in [1.29, 1.82) is 0 Å². The molecule has 1 aliphatic rings. The maximum absolute atomic E-state index is 12.4. The topological polar surface area (TPSA) is 32.3 Å². The summed E-state index contributed by atoms with van der Waals surface area (Å²) in [5, 5.41) is 3.84. The highest BCUT2D eigenvalue weighted by Crippen LogP contribution is 2.27. The van der Waals surface area contributed by atoms with Crippen molar-refractivity contribution in [3.63, 3.8) is 0 Å². The zero-order valence-electron chi connectivity index (χ0n) is 15.8. The summed E-state index contributed by atoms with van der Waals surface area (Å²) >= 11 is 6.28. The Morgan fingerprint density at radius 3 is 2.73 bits per heavy atom. The number of hydrogen-bond acceptors (Lipinski definition) is 2. The third-order valence-corrected chi connectivity index (χ3v) is 5.32. The van der Waals surface area contributed by atoms with Gasteiger partial charge in [0, 0.05) is 17.6 Å². The number of hydrogen-bond donors (Lipinski definition) is 1. The Morgan fingerprint density at radius 2 is 2.00 bits per heavy atom. The Kier molecular flexibility index (Phi) is 6.00. The molecule has 1 atom stereocenters. The minimum Gasteiger partial charge on any atom is -0.353 e. The highest BCUT2D eigenvalue weighted by molar-refractivity contribution is 6.31. The van der Waals surface area contributed by atoms with Crippen LogP contribution >= 0.6 is 11.6 Å². The van der Waals surface area contributed by atoms with Gasteiger partial charge in [-0.05, 0) is 74.5 Å². The summed E-state index contributed by atoms with van der Waals surface area (Å²) in [5.74, 6) is 0.152. The van der Waals surface area contributed by atoms with E-state index in [-0.39, 0.29) is 18.0 Å². The van der Waals surface area contributed by atoms with Crippen LogP contribution in [0.15, 0.2) is 42.5 Å². The van der Waals surface area contributed by atoms with Crippen LogP contribution < -0.4 is 5.32 Å². The fourth-order valence-electron chi connectivity index (χ4n) is 3.55. The monoisotopic (exact) mass is 370 g/mol. The van der Waals surface area contributed by atoms with Crippen LogP contribution in [0.4, 0.5) is 0 Å². The lowest BCUT2D eigenvalue weighted by atomic mass is 10.0. The summed E-state index contributed by atoms with van der Waals surface area (Å²) in [6, 6.07) is 14.9. The van der Waals surface area contributed by atoms with Crippen molar-refractivity contribution >= 4 is 17.5 Å². The van der Waals surface area contributed by atoms with Gasteiger partial charge in [-0.2, -0.15) is 0 Å². The number of carbonyl (C=O) groups excluding carboxylic acids is 1. The van der Waals surface area contributed by atoms with E-state index in [9.17, 15) is 4.79 Å². The first kappa shape index (κ1) is 18.9. The summed E-state index contributed by atoms with van der Waals surface area (Å²) in [6.07, 6.45) is 2.01.